The molecule has 3 heterocycles. The third kappa shape index (κ3) is 5.10. The van der Waals surface area contributed by atoms with Gasteiger partial charge in [0.15, 0.2) is 0 Å². The number of halogens is 3. The van der Waals surface area contributed by atoms with Crippen LogP contribution in [0.4, 0.5) is 30.6 Å². The normalized spacial score (nSPS) is 20.1. The minimum atomic E-state index is -4.60. The maximum atomic E-state index is 13.3. The van der Waals surface area contributed by atoms with Crippen molar-refractivity contribution in [1.82, 2.24) is 25.1 Å². The van der Waals surface area contributed by atoms with Crippen LogP contribution in [0.5, 0.6) is 0 Å². The molecule has 1 aliphatic heterocycles. The Bertz CT molecular complexity index is 1040. The fourth-order valence-electron chi connectivity index (χ4n) is 2.95. The lowest BCUT2D eigenvalue weighted by atomic mass is 10.2. The SMILES string of the molecule is CC1(Nc2nc(Nc3cnn(C[C@@H]4CNC(=O)CO4)c(=O)c3)ncc2C(F)(F)F)CC1. The number of morpholine rings is 1. The molecule has 10 nitrogen and oxygen atoms in total. The molecule has 1 aliphatic carbocycles. The minimum absolute atomic E-state index is 0.0836. The van der Waals surface area contributed by atoms with Gasteiger partial charge >= 0.3 is 6.18 Å². The van der Waals surface area contributed by atoms with Gasteiger partial charge in [-0.2, -0.15) is 23.3 Å². The number of rotatable bonds is 6. The van der Waals surface area contributed by atoms with E-state index in [9.17, 15) is 22.8 Å². The van der Waals surface area contributed by atoms with Crippen molar-refractivity contribution in [2.75, 3.05) is 23.8 Å². The van der Waals surface area contributed by atoms with Crippen LogP contribution >= 0.6 is 0 Å². The van der Waals surface area contributed by atoms with Gasteiger partial charge in [0.25, 0.3) is 5.56 Å². The molecule has 31 heavy (non-hydrogen) atoms. The molecule has 0 radical (unpaired) electrons. The summed E-state index contributed by atoms with van der Waals surface area (Å²) in [6.45, 7) is 2.14. The van der Waals surface area contributed by atoms with Crippen molar-refractivity contribution in [3.63, 3.8) is 0 Å². The van der Waals surface area contributed by atoms with E-state index in [2.05, 4.69) is 31.0 Å². The Labute approximate surface area is 174 Å². The van der Waals surface area contributed by atoms with Gasteiger partial charge < -0.3 is 20.7 Å². The Kier molecular flexibility index (Phi) is 5.29. The Morgan fingerprint density at radius 3 is 2.71 bits per heavy atom. The number of anilines is 3. The van der Waals surface area contributed by atoms with Crippen LogP contribution in [0.15, 0.2) is 23.3 Å². The summed E-state index contributed by atoms with van der Waals surface area (Å²) in [5.74, 6) is -0.642. The molecular weight excluding hydrogens is 419 g/mol. The molecule has 0 spiro atoms. The summed E-state index contributed by atoms with van der Waals surface area (Å²) in [7, 11) is 0. The molecule has 1 saturated carbocycles. The molecule has 1 atom stereocenters. The highest BCUT2D eigenvalue weighted by atomic mass is 19.4. The lowest BCUT2D eigenvalue weighted by Gasteiger charge is -2.23. The van der Waals surface area contributed by atoms with Gasteiger partial charge in [-0.15, -0.1) is 0 Å². The van der Waals surface area contributed by atoms with Gasteiger partial charge in [0.05, 0.1) is 24.5 Å². The number of nitrogens with one attached hydrogen (secondary N) is 3. The number of ether oxygens (including phenoxy) is 1. The molecule has 4 rings (SSSR count). The number of nitrogens with zero attached hydrogens (tertiary/aromatic N) is 4. The fraction of sp³-hybridized carbons (Fsp3) is 0.500. The second-order valence-corrected chi connectivity index (χ2v) is 7.77. The van der Waals surface area contributed by atoms with Gasteiger partial charge in [0.1, 0.15) is 18.0 Å². The molecule has 0 bridgehead atoms. The van der Waals surface area contributed by atoms with E-state index in [0.717, 1.165) is 12.8 Å². The van der Waals surface area contributed by atoms with E-state index in [0.29, 0.717) is 6.20 Å². The average Bonchev–Trinajstić information content (AvgIpc) is 3.41. The van der Waals surface area contributed by atoms with E-state index in [4.69, 9.17) is 4.74 Å². The molecule has 0 aromatic carbocycles. The number of hydrogen-bond acceptors (Lipinski definition) is 8. The standard InChI is InChI=1S/C18H20F3N7O3/c1-17(2-3-17)27-15-12(18(19,20)21)7-23-16(26-15)25-10-4-14(30)28(24-5-10)8-11-6-22-13(29)9-31-11/h4-5,7,11H,2-3,6,8-9H2,1H3,(H,22,29)(H2,23,25,26,27)/t11-/m0/s1. The molecule has 1 amide bonds. The quantitative estimate of drug-likeness (QED) is 0.615. The highest BCUT2D eigenvalue weighted by Crippen LogP contribution is 2.41. The van der Waals surface area contributed by atoms with Crippen LogP contribution in [0.3, 0.4) is 0 Å². The topological polar surface area (TPSA) is 123 Å². The summed E-state index contributed by atoms with van der Waals surface area (Å²) >= 11 is 0. The van der Waals surface area contributed by atoms with E-state index in [1.165, 1.54) is 16.9 Å². The maximum Gasteiger partial charge on any atom is 0.421 e. The number of carbonyl (C=O) groups is 1. The highest BCUT2D eigenvalue weighted by Gasteiger charge is 2.42. The van der Waals surface area contributed by atoms with Crippen LogP contribution in [-0.2, 0) is 22.3 Å². The second-order valence-electron chi connectivity index (χ2n) is 7.77. The van der Waals surface area contributed by atoms with Gasteiger partial charge in [-0.1, -0.05) is 0 Å². The predicted molar refractivity (Wildman–Crippen MR) is 103 cm³/mol. The minimum Gasteiger partial charge on any atom is -0.365 e. The third-order valence-corrected chi connectivity index (χ3v) is 4.99. The number of alkyl halides is 3. The number of aromatic nitrogens is 4. The molecule has 3 N–H and O–H groups in total. The van der Waals surface area contributed by atoms with Crippen molar-refractivity contribution in [3.05, 3.63) is 34.4 Å². The third-order valence-electron chi connectivity index (χ3n) is 4.99. The van der Waals surface area contributed by atoms with Crippen molar-refractivity contribution in [2.45, 2.75) is 44.1 Å². The average molecular weight is 439 g/mol. The van der Waals surface area contributed by atoms with Crippen LogP contribution < -0.4 is 21.5 Å². The molecule has 0 unspecified atom stereocenters. The molecule has 166 valence electrons. The van der Waals surface area contributed by atoms with Gasteiger partial charge in [0, 0.05) is 24.3 Å². The summed E-state index contributed by atoms with van der Waals surface area (Å²) < 4.78 is 46.4. The Morgan fingerprint density at radius 2 is 2.10 bits per heavy atom. The smallest absolute Gasteiger partial charge is 0.365 e. The van der Waals surface area contributed by atoms with E-state index >= 15 is 0 Å². The summed E-state index contributed by atoms with van der Waals surface area (Å²) in [5, 5.41) is 12.2. The molecule has 2 aliphatic rings. The first kappa shape index (κ1) is 21.0. The first-order valence-electron chi connectivity index (χ1n) is 9.56. The molecular formula is C18H20F3N7O3. The van der Waals surface area contributed by atoms with E-state index < -0.39 is 28.9 Å². The van der Waals surface area contributed by atoms with Crippen molar-refractivity contribution < 1.29 is 22.7 Å². The van der Waals surface area contributed by atoms with Crippen LogP contribution in [0, 0.1) is 0 Å². The van der Waals surface area contributed by atoms with Crippen LogP contribution in [0.2, 0.25) is 0 Å². The second kappa shape index (κ2) is 7.80. The molecule has 2 aromatic heterocycles. The maximum absolute atomic E-state index is 13.3. The number of amides is 1. The van der Waals surface area contributed by atoms with Gasteiger partial charge in [-0.3, -0.25) is 9.59 Å². The van der Waals surface area contributed by atoms with Crippen molar-refractivity contribution in [3.8, 4) is 0 Å². The molecule has 1 saturated heterocycles. The van der Waals surface area contributed by atoms with Crippen LogP contribution in [0.1, 0.15) is 25.3 Å². The van der Waals surface area contributed by atoms with Crippen LogP contribution in [-0.4, -0.2) is 50.5 Å². The van der Waals surface area contributed by atoms with Crippen molar-refractivity contribution in [2.24, 2.45) is 0 Å². The van der Waals surface area contributed by atoms with Crippen LogP contribution in [0.25, 0.3) is 0 Å². The molecule has 13 heteroatoms. The van der Waals surface area contributed by atoms with Gasteiger partial charge in [0.2, 0.25) is 11.9 Å². The Hall–Kier alpha value is -3.22. The van der Waals surface area contributed by atoms with E-state index in [-0.39, 0.29) is 43.1 Å². The zero-order chi connectivity index (χ0) is 22.2. The lowest BCUT2D eigenvalue weighted by Crippen LogP contribution is -2.46. The monoisotopic (exact) mass is 439 g/mol. The zero-order valence-corrected chi connectivity index (χ0v) is 16.5. The molecule has 2 fully saturated rings. The first-order chi connectivity index (χ1) is 14.6. The lowest BCUT2D eigenvalue weighted by molar-refractivity contribution is -0.137. The highest BCUT2D eigenvalue weighted by molar-refractivity contribution is 5.77. The first-order valence-corrected chi connectivity index (χ1v) is 9.56. The largest absolute Gasteiger partial charge is 0.421 e. The van der Waals surface area contributed by atoms with E-state index in [1.54, 1.807) is 0 Å². The zero-order valence-electron chi connectivity index (χ0n) is 16.5. The Balaban J connectivity index is 1.49. The fourth-order valence-corrected chi connectivity index (χ4v) is 2.95. The summed E-state index contributed by atoms with van der Waals surface area (Å²) in [6, 6.07) is 1.23. The van der Waals surface area contributed by atoms with Gasteiger partial charge in [-0.05, 0) is 19.8 Å². The number of hydrogen-bond donors (Lipinski definition) is 3. The molecule has 2 aromatic rings. The Morgan fingerprint density at radius 1 is 1.32 bits per heavy atom. The summed E-state index contributed by atoms with van der Waals surface area (Å²) in [5.41, 5.74) is -1.61. The van der Waals surface area contributed by atoms with Gasteiger partial charge in [-0.25, -0.2) is 9.67 Å². The summed E-state index contributed by atoms with van der Waals surface area (Å²) in [6.07, 6.45) is -1.47. The number of carbonyl (C=O) groups excluding carboxylic acids is 1. The van der Waals surface area contributed by atoms with Crippen molar-refractivity contribution in [1.29, 1.82) is 0 Å². The van der Waals surface area contributed by atoms with Crippen molar-refractivity contribution >= 4 is 23.4 Å². The van der Waals surface area contributed by atoms with E-state index in [1.807, 2.05) is 6.92 Å². The summed E-state index contributed by atoms with van der Waals surface area (Å²) in [4.78, 5) is 31.1. The predicted octanol–water partition coefficient (Wildman–Crippen LogP) is 1.28.